The lowest BCUT2D eigenvalue weighted by atomic mass is 9.81. The molecule has 0 aliphatic rings. The fourth-order valence-corrected chi connectivity index (χ4v) is 11.6. The van der Waals surface area contributed by atoms with Crippen LogP contribution in [0.15, 0.2) is 261 Å². The van der Waals surface area contributed by atoms with E-state index in [0.29, 0.717) is 5.56 Å². The zero-order valence-corrected chi connectivity index (χ0v) is 39.3. The molecule has 0 atom stereocenters. The van der Waals surface area contributed by atoms with Crippen molar-refractivity contribution in [2.24, 2.45) is 0 Å². The summed E-state index contributed by atoms with van der Waals surface area (Å²) in [6.45, 7) is 0. The van der Waals surface area contributed by atoms with Crippen LogP contribution in [-0.4, -0.2) is 0 Å². The molecule has 0 aliphatic heterocycles. The van der Waals surface area contributed by atoms with Crippen LogP contribution in [0.25, 0.3) is 143 Å². The first-order chi connectivity index (χ1) is 35.6. The summed E-state index contributed by atoms with van der Waals surface area (Å²) < 4.78 is 0. The summed E-state index contributed by atoms with van der Waals surface area (Å²) >= 11 is 0. The van der Waals surface area contributed by atoms with Crippen molar-refractivity contribution >= 4 is 64.6 Å². The molecule has 0 N–H and O–H groups in total. The summed E-state index contributed by atoms with van der Waals surface area (Å²) in [4.78, 5) is 0. The van der Waals surface area contributed by atoms with Crippen LogP contribution in [0, 0.1) is 11.3 Å². The van der Waals surface area contributed by atoms with Crippen LogP contribution in [0.1, 0.15) is 5.56 Å². The smallest absolute Gasteiger partial charge is 0.0991 e. The van der Waals surface area contributed by atoms with Gasteiger partial charge in [0.05, 0.1) is 11.6 Å². The Morgan fingerprint density at radius 1 is 0.208 bits per heavy atom. The van der Waals surface area contributed by atoms with E-state index < -0.39 is 0 Å². The highest BCUT2D eigenvalue weighted by Crippen LogP contribution is 2.49. The van der Waals surface area contributed by atoms with E-state index in [1.54, 1.807) is 0 Å². The van der Waals surface area contributed by atoms with Crippen LogP contribution in [0.4, 0.5) is 0 Å². The lowest BCUT2D eigenvalue weighted by Gasteiger charge is -2.22. The quantitative estimate of drug-likeness (QED) is 0.146. The van der Waals surface area contributed by atoms with Crippen molar-refractivity contribution in [2.75, 3.05) is 0 Å². The summed E-state index contributed by atoms with van der Waals surface area (Å²) in [6, 6.07) is 97.7. The molecule has 0 radical (unpaired) electrons. The maximum atomic E-state index is 9.83. The van der Waals surface area contributed by atoms with Crippen molar-refractivity contribution in [1.29, 1.82) is 5.26 Å². The Morgan fingerprint density at radius 2 is 0.458 bits per heavy atom. The van der Waals surface area contributed by atoms with Crippen molar-refractivity contribution in [1.82, 2.24) is 0 Å². The topological polar surface area (TPSA) is 23.8 Å². The van der Waals surface area contributed by atoms with E-state index in [-0.39, 0.29) is 0 Å². The van der Waals surface area contributed by atoms with Crippen molar-refractivity contribution in [3.63, 3.8) is 0 Å². The molecule has 0 spiro atoms. The first-order valence-electron chi connectivity index (χ1n) is 24.7. The van der Waals surface area contributed by atoms with Gasteiger partial charge in [-0.05, 0) is 167 Å². The van der Waals surface area contributed by atoms with E-state index in [1.165, 1.54) is 126 Å². The predicted molar refractivity (Wildman–Crippen MR) is 305 cm³/mol. The Bertz CT molecular complexity index is 4300. The van der Waals surface area contributed by atoms with E-state index in [9.17, 15) is 5.26 Å². The van der Waals surface area contributed by atoms with Crippen LogP contribution >= 0.6 is 0 Å². The van der Waals surface area contributed by atoms with Gasteiger partial charge in [-0.2, -0.15) is 5.26 Å². The highest BCUT2D eigenvalue weighted by atomic mass is 14.3. The number of hydrogen-bond acceptors (Lipinski definition) is 1. The Hall–Kier alpha value is -9.61. The SMILES string of the molecule is N#Cc1ccc(-c2cc(-c3ccc(-c4cccc5ccccc45)cc3)c3ccc4c(-c5ccc(-c6cccc7ccccc67)cc5)cc(-c5ccc(-c6cccc7ccccc67)cc5)c5ccc2c3c54)cc1. The molecular weight excluding hydrogens is 867 g/mol. The van der Waals surface area contributed by atoms with Crippen LogP contribution in [0.2, 0.25) is 0 Å². The molecule has 0 heterocycles. The van der Waals surface area contributed by atoms with E-state index in [1.807, 2.05) is 12.1 Å². The molecule has 0 fully saturated rings. The van der Waals surface area contributed by atoms with Crippen LogP contribution < -0.4 is 0 Å². The van der Waals surface area contributed by atoms with Gasteiger partial charge in [0.2, 0.25) is 0 Å². The zero-order chi connectivity index (χ0) is 47.7. The average Bonchev–Trinajstić information content (AvgIpc) is 3.46. The van der Waals surface area contributed by atoms with Crippen LogP contribution in [0.3, 0.4) is 0 Å². The first kappa shape index (κ1) is 41.4. The van der Waals surface area contributed by atoms with E-state index in [2.05, 4.69) is 255 Å². The minimum atomic E-state index is 0.646. The molecule has 0 aromatic heterocycles. The van der Waals surface area contributed by atoms with Crippen molar-refractivity contribution in [3.05, 3.63) is 266 Å². The number of fused-ring (bicyclic) bond motifs is 3. The third-order valence-electron chi connectivity index (χ3n) is 15.1. The van der Waals surface area contributed by atoms with Gasteiger partial charge in [-0.3, -0.25) is 0 Å². The molecule has 14 rings (SSSR count). The molecule has 1 nitrogen and oxygen atoms in total. The fraction of sp³-hybridized carbons (Fsp3) is 0. The third kappa shape index (κ3) is 6.77. The van der Waals surface area contributed by atoms with Gasteiger partial charge in [0.25, 0.3) is 0 Å². The largest absolute Gasteiger partial charge is 0.192 e. The maximum absolute atomic E-state index is 9.83. The molecule has 0 amide bonds. The molecule has 0 bridgehead atoms. The van der Waals surface area contributed by atoms with Crippen molar-refractivity contribution < 1.29 is 0 Å². The Kier molecular flexibility index (Phi) is 9.66. The minimum Gasteiger partial charge on any atom is -0.192 e. The molecular formula is C71H43N. The molecule has 72 heavy (non-hydrogen) atoms. The second-order valence-corrected chi connectivity index (χ2v) is 19.0. The molecule has 0 unspecified atom stereocenters. The predicted octanol–water partition coefficient (Wildman–Crippen LogP) is 19.6. The number of nitriles is 1. The van der Waals surface area contributed by atoms with Crippen molar-refractivity contribution in [3.8, 4) is 84.0 Å². The first-order valence-corrected chi connectivity index (χ1v) is 24.7. The standard InChI is InChI=1S/C71H43N/c72-44-45-22-24-52(25-23-45)66-42-67(53-32-26-49(27-33-53)59-19-7-13-46-10-1-4-16-56(46)59)63-40-41-65-69(55-36-30-51(31-37-55)61-21-9-15-48-12-3-6-18-58(48)61)43-68(64-39-38-62(66)70(63)71(64)65)54-34-28-50(29-35-54)60-20-8-14-47-11-2-5-17-57(47)60/h1-43H. The molecule has 0 aliphatic carbocycles. The highest BCUT2D eigenvalue weighted by Gasteiger charge is 2.22. The minimum absolute atomic E-state index is 0.646. The Balaban J connectivity index is 1.01. The summed E-state index contributed by atoms with van der Waals surface area (Å²) in [5.74, 6) is 0. The number of hydrogen-bond donors (Lipinski definition) is 0. The van der Waals surface area contributed by atoms with Gasteiger partial charge in [-0.15, -0.1) is 0 Å². The van der Waals surface area contributed by atoms with Crippen molar-refractivity contribution in [2.45, 2.75) is 0 Å². The molecule has 1 heteroatoms. The van der Waals surface area contributed by atoms with Gasteiger partial charge >= 0.3 is 0 Å². The lowest BCUT2D eigenvalue weighted by Crippen LogP contribution is -1.94. The van der Waals surface area contributed by atoms with Gasteiger partial charge in [-0.1, -0.05) is 237 Å². The summed E-state index contributed by atoms with van der Waals surface area (Å²) in [7, 11) is 0. The van der Waals surface area contributed by atoms with Gasteiger partial charge in [0.1, 0.15) is 0 Å². The fourth-order valence-electron chi connectivity index (χ4n) is 11.6. The van der Waals surface area contributed by atoms with Gasteiger partial charge in [0, 0.05) is 0 Å². The van der Waals surface area contributed by atoms with Gasteiger partial charge in [0.15, 0.2) is 0 Å². The number of rotatable bonds is 7. The zero-order valence-electron chi connectivity index (χ0n) is 39.3. The lowest BCUT2D eigenvalue weighted by molar-refractivity contribution is 1.48. The second-order valence-electron chi connectivity index (χ2n) is 19.0. The summed E-state index contributed by atoms with van der Waals surface area (Å²) in [5, 5.41) is 24.6. The van der Waals surface area contributed by atoms with Crippen LogP contribution in [0.5, 0.6) is 0 Å². The molecule has 0 saturated heterocycles. The van der Waals surface area contributed by atoms with E-state index >= 15 is 0 Å². The highest BCUT2D eigenvalue weighted by molar-refractivity contribution is 6.32. The van der Waals surface area contributed by atoms with E-state index in [0.717, 1.165) is 16.7 Å². The molecule has 14 aromatic rings. The summed E-state index contributed by atoms with van der Waals surface area (Å²) in [6.07, 6.45) is 0. The molecule has 14 aromatic carbocycles. The summed E-state index contributed by atoms with van der Waals surface area (Å²) in [5.41, 5.74) is 17.2. The van der Waals surface area contributed by atoms with Gasteiger partial charge in [-0.25, -0.2) is 0 Å². The Labute approximate surface area is 418 Å². The maximum Gasteiger partial charge on any atom is 0.0991 e. The molecule has 0 saturated carbocycles. The number of benzene rings is 14. The Morgan fingerprint density at radius 3 is 0.750 bits per heavy atom. The monoisotopic (exact) mass is 909 g/mol. The van der Waals surface area contributed by atoms with E-state index in [4.69, 9.17) is 0 Å². The third-order valence-corrected chi connectivity index (χ3v) is 15.1. The number of nitrogens with zero attached hydrogens (tertiary/aromatic N) is 1. The van der Waals surface area contributed by atoms with Gasteiger partial charge < -0.3 is 0 Å². The molecule has 332 valence electrons. The second kappa shape index (κ2) is 16.8. The normalized spacial score (nSPS) is 11.6. The van der Waals surface area contributed by atoms with Crippen LogP contribution in [-0.2, 0) is 0 Å². The average molecular weight is 910 g/mol.